The van der Waals surface area contributed by atoms with E-state index in [1.165, 1.54) is 18.2 Å². The van der Waals surface area contributed by atoms with Crippen molar-refractivity contribution in [1.29, 1.82) is 0 Å². The number of allylic oxidation sites excluding steroid dienone is 1. The Bertz CT molecular complexity index is 482. The lowest BCUT2D eigenvalue weighted by Gasteiger charge is -2.18. The summed E-state index contributed by atoms with van der Waals surface area (Å²) in [5.41, 5.74) is 0.0550. The van der Waals surface area contributed by atoms with Crippen LogP contribution in [0.15, 0.2) is 30.4 Å². The number of phenols is 1. The van der Waals surface area contributed by atoms with Gasteiger partial charge in [0.25, 0.3) is 0 Å². The summed E-state index contributed by atoms with van der Waals surface area (Å²) in [4.78, 5) is 11.6. The molecular formula is C14H16FNO3. The van der Waals surface area contributed by atoms with E-state index in [1.807, 2.05) is 6.08 Å². The number of carbonyl (C=O) groups excluding carboxylic acids is 1. The molecular weight excluding hydrogens is 249 g/mol. The maximum absolute atomic E-state index is 13.4. The van der Waals surface area contributed by atoms with Crippen molar-refractivity contribution in [3.63, 3.8) is 0 Å². The fourth-order valence-electron chi connectivity index (χ4n) is 1.91. The van der Waals surface area contributed by atoms with Crippen LogP contribution in [0.5, 0.6) is 5.75 Å². The summed E-state index contributed by atoms with van der Waals surface area (Å²) in [5.74, 6) is -0.874. The molecule has 0 unspecified atom stereocenters. The number of carbonyl (C=O) groups is 1. The van der Waals surface area contributed by atoms with Crippen molar-refractivity contribution in [2.45, 2.75) is 12.8 Å². The van der Waals surface area contributed by atoms with Crippen LogP contribution in [0.3, 0.4) is 0 Å². The molecule has 1 aromatic rings. The number of ether oxygens (including phenoxy) is 1. The highest BCUT2D eigenvalue weighted by Gasteiger charge is 2.11. The number of benzene rings is 1. The van der Waals surface area contributed by atoms with Gasteiger partial charge >= 0.3 is 0 Å². The van der Waals surface area contributed by atoms with Gasteiger partial charge in [0.1, 0.15) is 11.6 Å². The van der Waals surface area contributed by atoms with Crippen LogP contribution in [0, 0.1) is 11.7 Å². The van der Waals surface area contributed by atoms with E-state index in [4.69, 9.17) is 9.84 Å². The van der Waals surface area contributed by atoms with Crippen LogP contribution in [-0.4, -0.2) is 24.2 Å². The van der Waals surface area contributed by atoms with E-state index < -0.39 is 5.82 Å². The molecule has 102 valence electrons. The SMILES string of the molecule is O=C(C=CC1CCOCC1)Nc1ccc(O)cc1F. The molecule has 2 rings (SSSR count). The number of amides is 1. The Morgan fingerprint density at radius 3 is 2.84 bits per heavy atom. The molecule has 0 spiro atoms. The maximum atomic E-state index is 13.4. The minimum atomic E-state index is -0.659. The van der Waals surface area contributed by atoms with Crippen molar-refractivity contribution in [1.82, 2.24) is 0 Å². The van der Waals surface area contributed by atoms with Crippen LogP contribution < -0.4 is 5.32 Å². The predicted molar refractivity (Wildman–Crippen MR) is 69.4 cm³/mol. The lowest BCUT2D eigenvalue weighted by atomic mass is 10.00. The molecule has 0 bridgehead atoms. The number of anilines is 1. The standard InChI is InChI=1S/C14H16FNO3/c15-12-9-11(17)2-3-13(12)16-14(18)4-1-10-5-7-19-8-6-10/h1-4,9-10,17H,5-8H2,(H,16,18). The summed E-state index contributed by atoms with van der Waals surface area (Å²) in [6.07, 6.45) is 5.05. The van der Waals surface area contributed by atoms with Crippen molar-refractivity contribution < 1.29 is 19.0 Å². The smallest absolute Gasteiger partial charge is 0.248 e. The molecule has 1 amide bonds. The molecule has 1 aliphatic heterocycles. The van der Waals surface area contributed by atoms with Gasteiger partial charge in [-0.3, -0.25) is 4.79 Å². The van der Waals surface area contributed by atoms with Gasteiger partial charge in [-0.25, -0.2) is 4.39 Å². The summed E-state index contributed by atoms with van der Waals surface area (Å²) in [5, 5.41) is 11.5. The minimum Gasteiger partial charge on any atom is -0.508 e. The van der Waals surface area contributed by atoms with Crippen molar-refractivity contribution in [3.8, 4) is 5.75 Å². The van der Waals surface area contributed by atoms with E-state index in [0.717, 1.165) is 18.9 Å². The number of phenolic OH excluding ortho intramolecular Hbond substituents is 1. The topological polar surface area (TPSA) is 58.6 Å². The fourth-order valence-corrected chi connectivity index (χ4v) is 1.91. The molecule has 0 atom stereocenters. The minimum absolute atomic E-state index is 0.0550. The second-order valence-electron chi connectivity index (χ2n) is 4.46. The van der Waals surface area contributed by atoms with Crippen LogP contribution in [0.4, 0.5) is 10.1 Å². The Morgan fingerprint density at radius 1 is 1.42 bits per heavy atom. The normalized spacial score (nSPS) is 16.7. The van der Waals surface area contributed by atoms with Crippen LogP contribution >= 0.6 is 0 Å². The van der Waals surface area contributed by atoms with Crippen LogP contribution in [0.1, 0.15) is 12.8 Å². The van der Waals surface area contributed by atoms with Gasteiger partial charge in [0.05, 0.1) is 5.69 Å². The molecule has 2 N–H and O–H groups in total. The Morgan fingerprint density at radius 2 is 2.16 bits per heavy atom. The van der Waals surface area contributed by atoms with Gasteiger partial charge in [-0.2, -0.15) is 0 Å². The van der Waals surface area contributed by atoms with Gasteiger partial charge in [-0.1, -0.05) is 6.08 Å². The largest absolute Gasteiger partial charge is 0.508 e. The van der Waals surface area contributed by atoms with Gasteiger partial charge in [0, 0.05) is 19.3 Å². The Hall–Kier alpha value is -1.88. The molecule has 0 aromatic heterocycles. The summed E-state index contributed by atoms with van der Waals surface area (Å²) in [7, 11) is 0. The van der Waals surface area contributed by atoms with E-state index in [0.29, 0.717) is 19.1 Å². The first-order chi connectivity index (χ1) is 9.15. The highest BCUT2D eigenvalue weighted by Crippen LogP contribution is 2.20. The monoisotopic (exact) mass is 265 g/mol. The van der Waals surface area contributed by atoms with E-state index in [1.54, 1.807) is 0 Å². The summed E-state index contributed by atoms with van der Waals surface area (Å²) in [6.45, 7) is 1.42. The zero-order chi connectivity index (χ0) is 13.7. The first-order valence-electron chi connectivity index (χ1n) is 6.20. The van der Waals surface area contributed by atoms with Crippen LogP contribution in [0.25, 0.3) is 0 Å². The zero-order valence-electron chi connectivity index (χ0n) is 10.4. The average molecular weight is 265 g/mol. The van der Waals surface area contributed by atoms with Crippen molar-refractivity contribution >= 4 is 11.6 Å². The first-order valence-corrected chi connectivity index (χ1v) is 6.20. The Kier molecular flexibility index (Phi) is 4.52. The first kappa shape index (κ1) is 13.5. The van der Waals surface area contributed by atoms with Crippen molar-refractivity contribution in [3.05, 3.63) is 36.2 Å². The third-order valence-corrected chi connectivity index (χ3v) is 3.00. The van der Waals surface area contributed by atoms with Crippen molar-refractivity contribution in [2.75, 3.05) is 18.5 Å². The summed E-state index contributed by atoms with van der Waals surface area (Å²) in [6, 6.07) is 3.60. The van der Waals surface area contributed by atoms with E-state index >= 15 is 0 Å². The average Bonchev–Trinajstić information content (AvgIpc) is 2.41. The Balaban J connectivity index is 1.91. The predicted octanol–water partition coefficient (Wildman–Crippen LogP) is 2.45. The summed E-state index contributed by atoms with van der Waals surface area (Å²) < 4.78 is 18.6. The lowest BCUT2D eigenvalue weighted by molar-refractivity contribution is -0.112. The van der Waals surface area contributed by atoms with E-state index in [9.17, 15) is 9.18 Å². The molecule has 19 heavy (non-hydrogen) atoms. The van der Waals surface area contributed by atoms with Gasteiger partial charge in [-0.15, -0.1) is 0 Å². The molecule has 1 saturated heterocycles. The molecule has 1 fully saturated rings. The second-order valence-corrected chi connectivity index (χ2v) is 4.46. The van der Waals surface area contributed by atoms with Crippen LogP contribution in [-0.2, 0) is 9.53 Å². The maximum Gasteiger partial charge on any atom is 0.248 e. The molecule has 1 aromatic carbocycles. The summed E-state index contributed by atoms with van der Waals surface area (Å²) >= 11 is 0. The Labute approximate surface area is 110 Å². The van der Waals surface area contributed by atoms with E-state index in [2.05, 4.69) is 5.32 Å². The number of hydrogen-bond donors (Lipinski definition) is 2. The van der Waals surface area contributed by atoms with Crippen molar-refractivity contribution in [2.24, 2.45) is 5.92 Å². The zero-order valence-corrected chi connectivity index (χ0v) is 10.4. The molecule has 1 aliphatic rings. The van der Waals surface area contributed by atoms with Gasteiger partial charge < -0.3 is 15.2 Å². The lowest BCUT2D eigenvalue weighted by Crippen LogP contribution is -2.15. The number of nitrogens with one attached hydrogen (secondary N) is 1. The highest BCUT2D eigenvalue weighted by molar-refractivity contribution is 5.99. The second kappa shape index (κ2) is 6.33. The molecule has 5 heteroatoms. The quantitative estimate of drug-likeness (QED) is 0.652. The number of hydrogen-bond acceptors (Lipinski definition) is 3. The molecule has 0 radical (unpaired) electrons. The number of aromatic hydroxyl groups is 1. The van der Waals surface area contributed by atoms with Gasteiger partial charge in [0.15, 0.2) is 0 Å². The highest BCUT2D eigenvalue weighted by atomic mass is 19.1. The molecule has 0 aliphatic carbocycles. The van der Waals surface area contributed by atoms with E-state index in [-0.39, 0.29) is 17.3 Å². The fraction of sp³-hybridized carbons (Fsp3) is 0.357. The van der Waals surface area contributed by atoms with Gasteiger partial charge in [-0.05, 0) is 37.0 Å². The molecule has 1 heterocycles. The van der Waals surface area contributed by atoms with Crippen LogP contribution in [0.2, 0.25) is 0 Å². The number of rotatable bonds is 3. The van der Waals surface area contributed by atoms with Gasteiger partial charge in [0.2, 0.25) is 5.91 Å². The third-order valence-electron chi connectivity index (χ3n) is 3.00. The third kappa shape index (κ3) is 4.06. The molecule has 0 saturated carbocycles. The number of halogens is 1. The molecule has 4 nitrogen and oxygen atoms in total.